The molecule has 0 aromatic heterocycles. The van der Waals surface area contributed by atoms with Crippen LogP contribution in [-0.2, 0) is 20.0 Å². The molecule has 0 atom stereocenters. The fourth-order valence-corrected chi connectivity index (χ4v) is 0.994. The van der Waals surface area contributed by atoms with Gasteiger partial charge in [0.2, 0.25) is 0 Å². The number of carbonyl (C=O) groups excluding carboxylic acids is 4. The molecule has 4 amide bonds. The monoisotopic (exact) mass is 378 g/mol. The molecule has 2 aliphatic heterocycles. The van der Waals surface area contributed by atoms with E-state index in [9.17, 15) is 19.2 Å². The second-order valence-electron chi connectivity index (χ2n) is 3.76. The third kappa shape index (κ3) is 8.59. The Kier molecular flexibility index (Phi) is 7.14. The van der Waals surface area contributed by atoms with Crippen molar-refractivity contribution in [2.24, 2.45) is 0 Å². The highest BCUT2D eigenvalue weighted by atomic mass is 32.3. The van der Waals surface area contributed by atoms with Gasteiger partial charge in [0.25, 0.3) is 11.6 Å². The molecule has 0 unspecified atom stereocenters. The summed E-state index contributed by atoms with van der Waals surface area (Å²) in [4.78, 5) is 41.8. The van der Waals surface area contributed by atoms with Gasteiger partial charge in [0, 0.05) is 0 Å². The van der Waals surface area contributed by atoms with E-state index in [2.05, 4.69) is 0 Å². The second kappa shape index (κ2) is 8.33. The number of ketones is 2. The molecule has 0 saturated carbocycles. The van der Waals surface area contributed by atoms with E-state index in [1.165, 1.54) is 0 Å². The highest BCUT2D eigenvalue weighted by Gasteiger charge is 2.25. The summed E-state index contributed by atoms with van der Waals surface area (Å²) in [6.07, 6.45) is 0. The number of hydrogen-bond donors (Lipinski definition) is 10. The zero-order chi connectivity index (χ0) is 19.9. The van der Waals surface area contributed by atoms with E-state index in [1.54, 1.807) is 0 Å². The van der Waals surface area contributed by atoms with Crippen LogP contribution in [-0.4, -0.2) is 64.5 Å². The SMILES string of the molecule is N=C1NC(=O)NC(=N)C1=O.N=C1NC(=O)NC(=N)C1=O.O=S(=O)(O)O. The van der Waals surface area contributed by atoms with Crippen LogP contribution in [0.3, 0.4) is 0 Å². The summed E-state index contributed by atoms with van der Waals surface area (Å²) in [5.41, 5.74) is 0. The smallest absolute Gasteiger partial charge is 0.289 e. The van der Waals surface area contributed by atoms with Crippen LogP contribution >= 0.6 is 0 Å². The third-order valence-corrected chi connectivity index (χ3v) is 1.86. The Morgan fingerprint density at radius 3 is 0.920 bits per heavy atom. The highest BCUT2D eigenvalue weighted by Crippen LogP contribution is 1.84. The van der Waals surface area contributed by atoms with Crippen LogP contribution in [0.4, 0.5) is 9.59 Å². The molecule has 25 heavy (non-hydrogen) atoms. The Morgan fingerprint density at radius 1 is 0.600 bits per heavy atom. The maximum Gasteiger partial charge on any atom is 0.394 e. The molecule has 0 aromatic rings. The zero-order valence-corrected chi connectivity index (χ0v) is 12.6. The summed E-state index contributed by atoms with van der Waals surface area (Å²) < 4.78 is 31.6. The quantitative estimate of drug-likeness (QED) is 0.193. The maximum absolute atomic E-state index is 10.5. The predicted molar refractivity (Wildman–Crippen MR) is 78.4 cm³/mol. The number of Topliss-reactive ketones (excluding diaryl/α,β-unsaturated/α-hetero) is 2. The molecule has 16 nitrogen and oxygen atoms in total. The van der Waals surface area contributed by atoms with Gasteiger partial charge in [0.15, 0.2) is 23.3 Å². The lowest BCUT2D eigenvalue weighted by molar-refractivity contribution is -0.108. The van der Waals surface area contributed by atoms with Crippen molar-refractivity contribution in [2.45, 2.75) is 0 Å². The lowest BCUT2D eigenvalue weighted by Gasteiger charge is -2.12. The average Bonchev–Trinajstić information content (AvgIpc) is 2.40. The number of urea groups is 2. The van der Waals surface area contributed by atoms with Crippen molar-refractivity contribution < 1.29 is 36.7 Å². The molecule has 17 heteroatoms. The van der Waals surface area contributed by atoms with Gasteiger partial charge in [0.1, 0.15) is 0 Å². The number of amides is 4. The highest BCUT2D eigenvalue weighted by molar-refractivity contribution is 7.79. The number of nitrogens with one attached hydrogen (secondary N) is 8. The van der Waals surface area contributed by atoms with Crippen molar-refractivity contribution in [1.29, 1.82) is 21.6 Å². The van der Waals surface area contributed by atoms with Gasteiger partial charge in [-0.25, -0.2) is 9.59 Å². The molecule has 2 heterocycles. The van der Waals surface area contributed by atoms with Gasteiger partial charge >= 0.3 is 22.5 Å². The van der Waals surface area contributed by atoms with E-state index in [-0.39, 0.29) is 0 Å². The summed E-state index contributed by atoms with van der Waals surface area (Å²) in [5.74, 6) is -3.86. The van der Waals surface area contributed by atoms with Gasteiger partial charge in [-0.2, -0.15) is 8.42 Å². The first-order valence-electron chi connectivity index (χ1n) is 5.51. The van der Waals surface area contributed by atoms with Crippen molar-refractivity contribution in [3.8, 4) is 0 Å². The maximum atomic E-state index is 10.5. The van der Waals surface area contributed by atoms with Crippen LogP contribution in [0.5, 0.6) is 0 Å². The minimum Gasteiger partial charge on any atom is -0.289 e. The number of hydrogen-bond acceptors (Lipinski definition) is 10. The Hall–Kier alpha value is -3.57. The molecule has 0 spiro atoms. The van der Waals surface area contributed by atoms with E-state index in [0.717, 1.165) is 0 Å². The Morgan fingerprint density at radius 2 is 0.760 bits per heavy atom. The lowest BCUT2D eigenvalue weighted by atomic mass is 10.3. The molecular weight excluding hydrogens is 368 g/mol. The van der Waals surface area contributed by atoms with Crippen molar-refractivity contribution >= 4 is 57.4 Å². The predicted octanol–water partition coefficient (Wildman–Crippen LogP) is -3.01. The van der Waals surface area contributed by atoms with E-state index in [1.807, 2.05) is 21.3 Å². The van der Waals surface area contributed by atoms with Gasteiger partial charge < -0.3 is 0 Å². The van der Waals surface area contributed by atoms with Crippen molar-refractivity contribution in [3.63, 3.8) is 0 Å². The summed E-state index contributed by atoms with van der Waals surface area (Å²) in [7, 11) is -4.67. The molecule has 0 bridgehead atoms. The summed E-state index contributed by atoms with van der Waals surface area (Å²) in [6, 6.07) is -1.43. The van der Waals surface area contributed by atoms with Gasteiger partial charge in [-0.05, 0) is 0 Å². The molecule has 2 saturated heterocycles. The summed E-state index contributed by atoms with van der Waals surface area (Å²) in [5, 5.41) is 34.8. The fourth-order valence-electron chi connectivity index (χ4n) is 0.994. The Labute approximate surface area is 138 Å². The molecule has 136 valence electrons. The fraction of sp³-hybridized carbons (Fsp3) is 0. The molecule has 0 aromatic carbocycles. The standard InChI is InChI=1S/2C4H4N4O2.H2O4S/c2*5-2-1(9)3(6)8-4(10)7-2;1-5(2,3)4/h2*(H4,5,6,7,8,10);(H2,1,2,3,4). The summed E-state index contributed by atoms with van der Waals surface area (Å²) in [6.45, 7) is 0. The first kappa shape index (κ1) is 21.4. The van der Waals surface area contributed by atoms with E-state index >= 15 is 0 Å². The van der Waals surface area contributed by atoms with Crippen LogP contribution in [0.1, 0.15) is 0 Å². The first-order valence-corrected chi connectivity index (χ1v) is 6.91. The average molecular weight is 378 g/mol. The van der Waals surface area contributed by atoms with Gasteiger partial charge in [-0.3, -0.25) is 61.6 Å². The molecule has 10 N–H and O–H groups in total. The molecule has 2 rings (SSSR count). The van der Waals surface area contributed by atoms with E-state index in [4.69, 9.17) is 39.2 Å². The Bertz CT molecular complexity index is 695. The van der Waals surface area contributed by atoms with Crippen molar-refractivity contribution in [3.05, 3.63) is 0 Å². The van der Waals surface area contributed by atoms with Gasteiger partial charge in [-0.15, -0.1) is 0 Å². The topological polar surface area (TPSA) is 286 Å². The lowest BCUT2D eigenvalue weighted by Crippen LogP contribution is -2.55. The first-order chi connectivity index (χ1) is 11.2. The van der Waals surface area contributed by atoms with Gasteiger partial charge in [0.05, 0.1) is 0 Å². The van der Waals surface area contributed by atoms with Crippen molar-refractivity contribution in [1.82, 2.24) is 21.3 Å². The molecule has 0 aliphatic carbocycles. The molecule has 2 fully saturated rings. The number of amidine groups is 4. The van der Waals surface area contributed by atoms with Crippen LogP contribution in [0.15, 0.2) is 0 Å². The molecule has 2 aliphatic rings. The van der Waals surface area contributed by atoms with Crippen LogP contribution < -0.4 is 21.3 Å². The number of rotatable bonds is 0. The minimum atomic E-state index is -4.67. The number of carbonyl (C=O) groups is 4. The summed E-state index contributed by atoms with van der Waals surface area (Å²) >= 11 is 0. The molecular formula is C8H10N8O8S. The largest absolute Gasteiger partial charge is 0.394 e. The third-order valence-electron chi connectivity index (χ3n) is 1.86. The van der Waals surface area contributed by atoms with Crippen LogP contribution in [0, 0.1) is 21.6 Å². The van der Waals surface area contributed by atoms with Crippen molar-refractivity contribution in [2.75, 3.05) is 0 Å². The molecule has 0 radical (unpaired) electrons. The second-order valence-corrected chi connectivity index (χ2v) is 4.66. The zero-order valence-electron chi connectivity index (χ0n) is 11.8. The van der Waals surface area contributed by atoms with E-state index < -0.39 is 57.4 Å². The van der Waals surface area contributed by atoms with E-state index in [0.29, 0.717) is 0 Å². The minimum absolute atomic E-state index is 0.561. The van der Waals surface area contributed by atoms with Crippen LogP contribution in [0.2, 0.25) is 0 Å². The van der Waals surface area contributed by atoms with Gasteiger partial charge in [-0.1, -0.05) is 0 Å². The normalized spacial score (nSPS) is 17.0. The Balaban J connectivity index is 0.000000368. The van der Waals surface area contributed by atoms with Crippen LogP contribution in [0.25, 0.3) is 0 Å².